The smallest absolute Gasteiger partial charge is 0.185 e. The summed E-state index contributed by atoms with van der Waals surface area (Å²) >= 11 is 0. The maximum Gasteiger partial charge on any atom is 0.185 e. The van der Waals surface area contributed by atoms with Gasteiger partial charge in [-0.1, -0.05) is 12.1 Å². The zero-order chi connectivity index (χ0) is 14.8. The molecular weight excluding hydrogens is 277 g/mol. The Morgan fingerprint density at radius 1 is 1.30 bits per heavy atom. The van der Waals surface area contributed by atoms with Crippen LogP contribution in [-0.2, 0) is 12.1 Å². The van der Waals surface area contributed by atoms with Gasteiger partial charge in [0, 0.05) is 6.04 Å². The van der Waals surface area contributed by atoms with Crippen LogP contribution in [0, 0.1) is 5.82 Å². The first-order chi connectivity index (χ1) is 9.28. The lowest BCUT2D eigenvalue weighted by Gasteiger charge is -2.32. The molecule has 5 nitrogen and oxygen atoms in total. The van der Waals surface area contributed by atoms with Gasteiger partial charge in [0.1, 0.15) is 24.1 Å². The van der Waals surface area contributed by atoms with E-state index in [1.165, 1.54) is 41.6 Å². The number of benzene rings is 1. The van der Waals surface area contributed by atoms with E-state index in [4.69, 9.17) is 0 Å². The number of rotatable bonds is 5. The molecule has 0 amide bonds. The highest BCUT2D eigenvalue weighted by Gasteiger charge is 2.37. The molecule has 0 aliphatic rings. The summed E-state index contributed by atoms with van der Waals surface area (Å²) in [6.07, 6.45) is 2.88. The van der Waals surface area contributed by atoms with Crippen molar-refractivity contribution in [2.24, 2.45) is 0 Å². The summed E-state index contributed by atoms with van der Waals surface area (Å²) in [5, 5.41) is 14.9. The molecule has 0 saturated carbocycles. The topological polar surface area (TPSA) is 71.2 Å². The van der Waals surface area contributed by atoms with Crippen molar-refractivity contribution in [1.29, 1.82) is 0 Å². The molecule has 0 radical (unpaired) electrons. The van der Waals surface area contributed by atoms with Crippen LogP contribution >= 0.6 is 0 Å². The number of hydrogen-bond acceptors (Lipinski definition) is 4. The zero-order valence-corrected chi connectivity index (χ0v) is 12.5. The van der Waals surface area contributed by atoms with Crippen LogP contribution in [0.2, 0.25) is 19.1 Å². The number of hydrogen-bond donors (Lipinski definition) is 2. The quantitative estimate of drug-likeness (QED) is 0.820. The Labute approximate surface area is 117 Å². The zero-order valence-electron chi connectivity index (χ0n) is 11.5. The molecule has 0 saturated heterocycles. The molecule has 0 aliphatic carbocycles. The minimum atomic E-state index is -2.53. The summed E-state index contributed by atoms with van der Waals surface area (Å²) in [4.78, 5) is 14.0. The lowest BCUT2D eigenvalue weighted by Crippen LogP contribution is -2.41. The van der Waals surface area contributed by atoms with E-state index in [1.807, 2.05) is 0 Å². The van der Waals surface area contributed by atoms with Gasteiger partial charge in [-0.05, 0) is 30.8 Å². The second kappa shape index (κ2) is 5.43. The Bertz CT molecular complexity index is 554. The van der Waals surface area contributed by atoms with Gasteiger partial charge >= 0.3 is 0 Å². The number of halogens is 1. The lowest BCUT2D eigenvalue weighted by molar-refractivity contribution is 0.0306. The summed E-state index contributed by atoms with van der Waals surface area (Å²) in [7, 11) is -2.53. The normalized spacial score (nSPS) is 15.1. The predicted octanol–water partition coefficient (Wildman–Crippen LogP) is 1.50. The third-order valence-electron chi connectivity index (χ3n) is 3.00. The molecule has 7 heteroatoms. The molecule has 0 aliphatic heterocycles. The average molecular weight is 295 g/mol. The first-order valence-corrected chi connectivity index (χ1v) is 9.47. The van der Waals surface area contributed by atoms with Crippen LogP contribution in [0.3, 0.4) is 0 Å². The van der Waals surface area contributed by atoms with E-state index in [0.717, 1.165) is 0 Å². The van der Waals surface area contributed by atoms with Crippen molar-refractivity contribution in [3.63, 3.8) is 0 Å². The van der Waals surface area contributed by atoms with E-state index in [2.05, 4.69) is 10.1 Å². The molecule has 20 heavy (non-hydrogen) atoms. The standard InChI is InChI=1S/C13H18FN3O2Si/c1-20(2,19)8-13(18,7-17-10-15-9-16-17)11-3-5-12(14)6-4-11/h3-6,9-10,18-19H,7-8H2,1-2H3. The van der Waals surface area contributed by atoms with Gasteiger partial charge in [-0.3, -0.25) is 0 Å². The Morgan fingerprint density at radius 3 is 2.45 bits per heavy atom. The average Bonchev–Trinajstić information content (AvgIpc) is 2.79. The Morgan fingerprint density at radius 2 is 1.95 bits per heavy atom. The molecule has 1 heterocycles. The summed E-state index contributed by atoms with van der Waals surface area (Å²) in [5.74, 6) is -0.364. The number of nitrogens with zero attached hydrogens (tertiary/aromatic N) is 3. The van der Waals surface area contributed by atoms with Crippen molar-refractivity contribution in [2.75, 3.05) is 0 Å². The Balaban J connectivity index is 2.34. The maximum atomic E-state index is 13.0. The van der Waals surface area contributed by atoms with Gasteiger partial charge in [0.25, 0.3) is 0 Å². The third-order valence-corrected chi connectivity index (χ3v) is 4.45. The molecule has 1 aromatic carbocycles. The van der Waals surface area contributed by atoms with Gasteiger partial charge < -0.3 is 9.90 Å². The molecule has 0 fully saturated rings. The fraction of sp³-hybridized carbons (Fsp3) is 0.385. The predicted molar refractivity (Wildman–Crippen MR) is 74.8 cm³/mol. The minimum Gasteiger partial charge on any atom is -0.432 e. The molecule has 0 bridgehead atoms. The van der Waals surface area contributed by atoms with Gasteiger partial charge in [0.05, 0.1) is 6.54 Å². The molecule has 1 aromatic heterocycles. The largest absolute Gasteiger partial charge is 0.432 e. The van der Waals surface area contributed by atoms with E-state index in [-0.39, 0.29) is 18.4 Å². The van der Waals surface area contributed by atoms with E-state index in [9.17, 15) is 14.3 Å². The van der Waals surface area contributed by atoms with Crippen LogP contribution in [0.1, 0.15) is 5.56 Å². The van der Waals surface area contributed by atoms with Crippen molar-refractivity contribution in [3.8, 4) is 0 Å². The van der Waals surface area contributed by atoms with Crippen molar-refractivity contribution in [3.05, 3.63) is 48.3 Å². The Kier molecular flexibility index (Phi) is 4.03. The minimum absolute atomic E-state index is 0.162. The summed E-state index contributed by atoms with van der Waals surface area (Å²) in [6, 6.07) is 5.89. The third kappa shape index (κ3) is 3.72. The maximum absolute atomic E-state index is 13.0. The molecule has 2 aromatic rings. The van der Waals surface area contributed by atoms with Gasteiger partial charge in [0.2, 0.25) is 0 Å². The SMILES string of the molecule is C[Si](C)(O)CC(O)(Cn1cncn1)c1ccc(F)cc1. The van der Waals surface area contributed by atoms with Crippen molar-refractivity contribution in [1.82, 2.24) is 14.8 Å². The second-order valence-corrected chi connectivity index (χ2v) is 9.60. The molecule has 1 unspecified atom stereocenters. The highest BCUT2D eigenvalue weighted by Crippen LogP contribution is 2.31. The van der Waals surface area contributed by atoms with E-state index < -0.39 is 13.9 Å². The molecule has 0 spiro atoms. The fourth-order valence-electron chi connectivity index (χ4n) is 2.31. The van der Waals surface area contributed by atoms with E-state index >= 15 is 0 Å². The van der Waals surface area contributed by atoms with Crippen LogP contribution in [0.4, 0.5) is 4.39 Å². The number of aromatic nitrogens is 3. The van der Waals surface area contributed by atoms with Crippen LogP contribution < -0.4 is 0 Å². The Hall–Kier alpha value is -1.57. The van der Waals surface area contributed by atoms with Gasteiger partial charge in [-0.2, -0.15) is 5.10 Å². The number of aliphatic hydroxyl groups is 1. The van der Waals surface area contributed by atoms with Crippen LogP contribution in [0.25, 0.3) is 0 Å². The van der Waals surface area contributed by atoms with Crippen molar-refractivity contribution >= 4 is 8.32 Å². The van der Waals surface area contributed by atoms with Gasteiger partial charge in [-0.25, -0.2) is 14.1 Å². The molecular formula is C13H18FN3O2Si. The second-order valence-electron chi connectivity index (χ2n) is 5.62. The first-order valence-electron chi connectivity index (χ1n) is 6.32. The summed E-state index contributed by atoms with van der Waals surface area (Å²) < 4.78 is 14.5. The van der Waals surface area contributed by atoms with Crippen molar-refractivity contribution < 1.29 is 14.3 Å². The highest BCUT2D eigenvalue weighted by molar-refractivity contribution is 6.70. The first kappa shape index (κ1) is 14.8. The molecule has 108 valence electrons. The highest BCUT2D eigenvalue weighted by atomic mass is 28.4. The van der Waals surface area contributed by atoms with Crippen molar-refractivity contribution in [2.45, 2.75) is 31.3 Å². The lowest BCUT2D eigenvalue weighted by atomic mass is 9.96. The molecule has 2 N–H and O–H groups in total. The van der Waals surface area contributed by atoms with Gasteiger partial charge in [-0.15, -0.1) is 0 Å². The summed E-state index contributed by atoms with van der Waals surface area (Å²) in [5.41, 5.74) is -0.740. The van der Waals surface area contributed by atoms with E-state index in [1.54, 1.807) is 13.1 Å². The van der Waals surface area contributed by atoms with Crippen LogP contribution in [-0.4, -0.2) is 33.0 Å². The fourth-order valence-corrected chi connectivity index (χ4v) is 4.05. The van der Waals surface area contributed by atoms with Crippen LogP contribution in [0.15, 0.2) is 36.9 Å². The molecule has 2 rings (SSSR count). The summed E-state index contributed by atoms with van der Waals surface area (Å²) in [6.45, 7) is 3.67. The monoisotopic (exact) mass is 295 g/mol. The molecule has 1 atom stereocenters. The van der Waals surface area contributed by atoms with E-state index in [0.29, 0.717) is 5.56 Å². The van der Waals surface area contributed by atoms with Crippen LogP contribution in [0.5, 0.6) is 0 Å². The van der Waals surface area contributed by atoms with Gasteiger partial charge in [0.15, 0.2) is 8.32 Å².